The number of carbonyl (C=O) groups is 2. The first-order valence-electron chi connectivity index (χ1n) is 5.61. The number of rotatable bonds is 1. The molecular formula is C11H20N2O2. The van der Waals surface area contributed by atoms with Crippen LogP contribution < -0.4 is 5.32 Å². The van der Waals surface area contributed by atoms with Crippen molar-refractivity contribution in [1.82, 2.24) is 10.2 Å². The van der Waals surface area contributed by atoms with Crippen molar-refractivity contribution in [3.63, 3.8) is 0 Å². The molecule has 1 aliphatic heterocycles. The van der Waals surface area contributed by atoms with Gasteiger partial charge in [-0.25, -0.2) is 0 Å². The van der Waals surface area contributed by atoms with Crippen LogP contribution in [0.15, 0.2) is 0 Å². The molecule has 4 nitrogen and oxygen atoms in total. The number of amides is 2. The van der Waals surface area contributed by atoms with Crippen LogP contribution in [-0.2, 0) is 9.59 Å². The zero-order chi connectivity index (χ0) is 11.4. The Morgan fingerprint density at radius 3 is 2.27 bits per heavy atom. The van der Waals surface area contributed by atoms with E-state index < -0.39 is 5.91 Å². The van der Waals surface area contributed by atoms with Crippen molar-refractivity contribution in [2.75, 3.05) is 19.6 Å². The Morgan fingerprint density at radius 2 is 1.80 bits per heavy atom. The summed E-state index contributed by atoms with van der Waals surface area (Å²) in [6, 6.07) is 0. The molecule has 0 aromatic heterocycles. The molecule has 2 unspecified atom stereocenters. The number of likely N-dealkylation sites (N-methyl/N-ethyl adjacent to an activating group) is 1. The molecule has 0 aliphatic carbocycles. The van der Waals surface area contributed by atoms with Gasteiger partial charge in [0.25, 0.3) is 0 Å². The largest absolute Gasteiger partial charge is 0.348 e. The van der Waals surface area contributed by atoms with Crippen molar-refractivity contribution >= 4 is 11.8 Å². The SMILES string of the molecule is CCNC(=O)C(=O)N1CC(C)CC(C)C1. The van der Waals surface area contributed by atoms with Gasteiger partial charge in [0.15, 0.2) is 0 Å². The third-order valence-electron chi connectivity index (χ3n) is 2.69. The average molecular weight is 212 g/mol. The monoisotopic (exact) mass is 212 g/mol. The minimum atomic E-state index is -0.473. The van der Waals surface area contributed by atoms with Crippen LogP contribution in [0.1, 0.15) is 27.2 Å². The molecule has 2 atom stereocenters. The number of likely N-dealkylation sites (tertiary alicyclic amines) is 1. The number of hydrogen-bond donors (Lipinski definition) is 1. The summed E-state index contributed by atoms with van der Waals surface area (Å²) in [6.07, 6.45) is 1.14. The highest BCUT2D eigenvalue weighted by Crippen LogP contribution is 2.20. The van der Waals surface area contributed by atoms with Crippen molar-refractivity contribution in [3.8, 4) is 0 Å². The predicted octanol–water partition coefficient (Wildman–Crippen LogP) is 0.627. The molecule has 1 saturated heterocycles. The molecule has 0 bridgehead atoms. The Labute approximate surface area is 91.0 Å². The number of carbonyl (C=O) groups excluding carboxylic acids is 2. The summed E-state index contributed by atoms with van der Waals surface area (Å²) >= 11 is 0. The van der Waals surface area contributed by atoms with Crippen molar-refractivity contribution in [2.24, 2.45) is 11.8 Å². The molecule has 2 amide bonds. The lowest BCUT2D eigenvalue weighted by Gasteiger charge is -2.34. The highest BCUT2D eigenvalue weighted by Gasteiger charge is 2.28. The van der Waals surface area contributed by atoms with Crippen LogP contribution in [0, 0.1) is 11.8 Å². The lowest BCUT2D eigenvalue weighted by molar-refractivity contribution is -0.147. The molecule has 0 aromatic carbocycles. The number of piperidine rings is 1. The van der Waals surface area contributed by atoms with Gasteiger partial charge in [-0.3, -0.25) is 9.59 Å². The molecule has 1 heterocycles. The van der Waals surface area contributed by atoms with Crippen LogP contribution in [0.5, 0.6) is 0 Å². The number of nitrogens with zero attached hydrogens (tertiary/aromatic N) is 1. The van der Waals surface area contributed by atoms with E-state index in [1.54, 1.807) is 4.90 Å². The fraction of sp³-hybridized carbons (Fsp3) is 0.818. The lowest BCUT2D eigenvalue weighted by atomic mass is 9.92. The van der Waals surface area contributed by atoms with E-state index >= 15 is 0 Å². The van der Waals surface area contributed by atoms with Gasteiger partial charge in [-0.1, -0.05) is 13.8 Å². The Morgan fingerprint density at radius 1 is 1.27 bits per heavy atom. The Kier molecular flexibility index (Phi) is 4.12. The summed E-state index contributed by atoms with van der Waals surface area (Å²) in [6.45, 7) is 7.97. The van der Waals surface area contributed by atoms with Gasteiger partial charge in [0.1, 0.15) is 0 Å². The summed E-state index contributed by atoms with van der Waals surface area (Å²) in [4.78, 5) is 24.7. The zero-order valence-corrected chi connectivity index (χ0v) is 9.75. The van der Waals surface area contributed by atoms with Gasteiger partial charge in [-0.2, -0.15) is 0 Å². The van der Waals surface area contributed by atoms with Gasteiger partial charge >= 0.3 is 11.8 Å². The number of hydrogen-bond acceptors (Lipinski definition) is 2. The maximum atomic E-state index is 11.7. The number of nitrogens with one attached hydrogen (secondary N) is 1. The standard InChI is InChI=1S/C11H20N2O2/c1-4-12-10(14)11(15)13-6-8(2)5-9(3)7-13/h8-9H,4-7H2,1-3H3,(H,12,14). The first kappa shape index (κ1) is 12.0. The molecule has 4 heteroatoms. The average Bonchev–Trinajstić information content (AvgIpc) is 2.15. The van der Waals surface area contributed by atoms with Crippen molar-refractivity contribution in [1.29, 1.82) is 0 Å². The molecule has 0 aromatic rings. The summed E-state index contributed by atoms with van der Waals surface area (Å²) in [5.41, 5.74) is 0. The first-order valence-corrected chi connectivity index (χ1v) is 5.61. The maximum Gasteiger partial charge on any atom is 0.311 e. The second kappa shape index (κ2) is 5.14. The predicted molar refractivity (Wildman–Crippen MR) is 58.2 cm³/mol. The highest BCUT2D eigenvalue weighted by molar-refractivity contribution is 6.35. The smallest absolute Gasteiger partial charge is 0.311 e. The topological polar surface area (TPSA) is 49.4 Å². The van der Waals surface area contributed by atoms with Crippen LogP contribution in [0.4, 0.5) is 0 Å². The molecule has 0 radical (unpaired) electrons. The normalized spacial score (nSPS) is 26.2. The maximum absolute atomic E-state index is 11.7. The summed E-state index contributed by atoms with van der Waals surface area (Å²) in [7, 11) is 0. The van der Waals surface area contributed by atoms with Crippen LogP contribution in [0.25, 0.3) is 0 Å². The van der Waals surface area contributed by atoms with Crippen molar-refractivity contribution in [2.45, 2.75) is 27.2 Å². The van der Waals surface area contributed by atoms with Gasteiger partial charge in [0, 0.05) is 19.6 Å². The molecule has 0 spiro atoms. The Balaban J connectivity index is 2.55. The third-order valence-corrected chi connectivity index (χ3v) is 2.69. The van der Waals surface area contributed by atoms with Crippen LogP contribution in [0.3, 0.4) is 0 Å². The molecule has 1 N–H and O–H groups in total. The van der Waals surface area contributed by atoms with Crippen LogP contribution in [-0.4, -0.2) is 36.3 Å². The minimum Gasteiger partial charge on any atom is -0.348 e. The molecule has 86 valence electrons. The second-order valence-corrected chi connectivity index (χ2v) is 4.52. The van der Waals surface area contributed by atoms with E-state index in [1.165, 1.54) is 0 Å². The van der Waals surface area contributed by atoms with Gasteiger partial charge in [0.2, 0.25) is 0 Å². The van der Waals surface area contributed by atoms with E-state index in [-0.39, 0.29) is 5.91 Å². The fourth-order valence-electron chi connectivity index (χ4n) is 2.21. The Hall–Kier alpha value is -1.06. The van der Waals surface area contributed by atoms with Gasteiger partial charge < -0.3 is 10.2 Å². The second-order valence-electron chi connectivity index (χ2n) is 4.52. The molecule has 1 fully saturated rings. The molecule has 0 saturated carbocycles. The van der Waals surface area contributed by atoms with Gasteiger partial charge in [0.05, 0.1) is 0 Å². The third kappa shape index (κ3) is 3.22. The zero-order valence-electron chi connectivity index (χ0n) is 9.75. The van der Waals surface area contributed by atoms with E-state index in [1.807, 2.05) is 6.92 Å². The summed E-state index contributed by atoms with van der Waals surface area (Å²) in [5, 5.41) is 2.54. The fourth-order valence-corrected chi connectivity index (χ4v) is 2.21. The quantitative estimate of drug-likeness (QED) is 0.648. The lowest BCUT2D eigenvalue weighted by Crippen LogP contribution is -2.48. The molecular weight excluding hydrogens is 192 g/mol. The van der Waals surface area contributed by atoms with Crippen LogP contribution >= 0.6 is 0 Å². The van der Waals surface area contributed by atoms with E-state index in [2.05, 4.69) is 19.2 Å². The van der Waals surface area contributed by atoms with Crippen molar-refractivity contribution < 1.29 is 9.59 Å². The summed E-state index contributed by atoms with van der Waals surface area (Å²) in [5.74, 6) is 0.133. The molecule has 15 heavy (non-hydrogen) atoms. The Bertz CT molecular complexity index is 243. The van der Waals surface area contributed by atoms with Crippen molar-refractivity contribution in [3.05, 3.63) is 0 Å². The van der Waals surface area contributed by atoms with E-state index in [0.29, 0.717) is 31.5 Å². The van der Waals surface area contributed by atoms with E-state index in [9.17, 15) is 9.59 Å². The van der Waals surface area contributed by atoms with Gasteiger partial charge in [-0.15, -0.1) is 0 Å². The van der Waals surface area contributed by atoms with E-state index in [0.717, 1.165) is 6.42 Å². The van der Waals surface area contributed by atoms with Crippen LogP contribution in [0.2, 0.25) is 0 Å². The summed E-state index contributed by atoms with van der Waals surface area (Å²) < 4.78 is 0. The van der Waals surface area contributed by atoms with Gasteiger partial charge in [-0.05, 0) is 25.2 Å². The molecule has 1 rings (SSSR count). The minimum absolute atomic E-state index is 0.379. The first-order chi connectivity index (χ1) is 7.04. The molecule has 1 aliphatic rings. The van der Waals surface area contributed by atoms with E-state index in [4.69, 9.17) is 0 Å². The highest BCUT2D eigenvalue weighted by atomic mass is 16.2.